The molecule has 3 aromatic rings. The van der Waals surface area contributed by atoms with Crippen LogP contribution in [0.2, 0.25) is 0 Å². The third kappa shape index (κ3) is 6.03. The summed E-state index contributed by atoms with van der Waals surface area (Å²) < 4.78 is 5.52. The number of thiazole rings is 1. The molecule has 0 unspecified atom stereocenters. The second kappa shape index (κ2) is 11.5. The molecular weight excluding hydrogens is 476 g/mol. The normalized spacial score (nSPS) is 18.1. The number of carbonyl (C=O) groups is 2. The molecule has 4 rings (SSSR count). The number of aliphatic hydroxyl groups excluding tert-OH is 1. The van der Waals surface area contributed by atoms with Crippen molar-refractivity contribution in [2.45, 2.75) is 51.9 Å². The summed E-state index contributed by atoms with van der Waals surface area (Å²) >= 11 is 1.60. The lowest BCUT2D eigenvalue weighted by Crippen LogP contribution is -2.50. The van der Waals surface area contributed by atoms with Crippen LogP contribution in [-0.4, -0.2) is 58.1 Å². The van der Waals surface area contributed by atoms with Crippen LogP contribution in [0.5, 0.6) is 5.75 Å². The first-order valence-corrected chi connectivity index (χ1v) is 13.0. The van der Waals surface area contributed by atoms with E-state index in [2.05, 4.69) is 15.6 Å². The molecule has 3 N–H and O–H groups in total. The molecule has 2 aromatic carbocycles. The number of rotatable bonds is 9. The van der Waals surface area contributed by atoms with Gasteiger partial charge in [0.15, 0.2) is 0 Å². The maximum Gasteiger partial charge on any atom is 0.245 e. The van der Waals surface area contributed by atoms with Gasteiger partial charge in [0.25, 0.3) is 0 Å². The molecule has 8 nitrogen and oxygen atoms in total. The van der Waals surface area contributed by atoms with Crippen molar-refractivity contribution in [3.05, 3.63) is 65.3 Å². The van der Waals surface area contributed by atoms with E-state index in [0.717, 1.165) is 27.4 Å². The number of aliphatic hydroxyl groups is 1. The minimum absolute atomic E-state index is 0.130. The summed E-state index contributed by atoms with van der Waals surface area (Å²) in [6.07, 6.45) is -0.520. The van der Waals surface area contributed by atoms with Crippen LogP contribution >= 0.6 is 11.3 Å². The number of aromatic nitrogens is 1. The maximum atomic E-state index is 13.2. The highest BCUT2D eigenvalue weighted by molar-refractivity contribution is 7.13. The van der Waals surface area contributed by atoms with E-state index in [4.69, 9.17) is 4.74 Å². The van der Waals surface area contributed by atoms with E-state index >= 15 is 0 Å². The third-order valence-electron chi connectivity index (χ3n) is 6.19. The van der Waals surface area contributed by atoms with Crippen molar-refractivity contribution in [2.24, 2.45) is 0 Å². The average molecular weight is 509 g/mol. The first-order chi connectivity index (χ1) is 17.4. The topological polar surface area (TPSA) is 104 Å². The van der Waals surface area contributed by atoms with Gasteiger partial charge in [0, 0.05) is 31.3 Å². The van der Waals surface area contributed by atoms with Crippen LogP contribution in [0, 0.1) is 6.92 Å². The fourth-order valence-electron chi connectivity index (χ4n) is 4.37. The zero-order chi connectivity index (χ0) is 25.7. The first kappa shape index (κ1) is 25.7. The maximum absolute atomic E-state index is 13.2. The standard InChI is InChI=1S/C27H32N4O4S/c1-4-35-23-7-5-6-21(12-23)30-18(3)27(34)31-15-22(32)13-24(31)26(33)28-14-19-8-10-20(11-9-19)25-17(2)29-16-36-25/h5-12,16,18,22,24,30,32H,4,13-15H2,1-3H3,(H,28,33)/t18-,22+,24-/m0/s1. The Labute approximate surface area is 215 Å². The van der Waals surface area contributed by atoms with Crippen LogP contribution in [0.25, 0.3) is 10.4 Å². The molecule has 0 spiro atoms. The largest absolute Gasteiger partial charge is 0.494 e. The van der Waals surface area contributed by atoms with E-state index in [9.17, 15) is 14.7 Å². The monoisotopic (exact) mass is 508 g/mol. The molecule has 0 aliphatic carbocycles. The summed E-state index contributed by atoms with van der Waals surface area (Å²) in [6, 6.07) is 14.1. The van der Waals surface area contributed by atoms with Crippen LogP contribution in [-0.2, 0) is 16.1 Å². The summed E-state index contributed by atoms with van der Waals surface area (Å²) in [5, 5.41) is 16.4. The molecule has 1 fully saturated rings. The Hall–Kier alpha value is -3.43. The lowest BCUT2D eigenvalue weighted by Gasteiger charge is -2.27. The van der Waals surface area contributed by atoms with Crippen molar-refractivity contribution in [1.82, 2.24) is 15.2 Å². The number of hydrogen-bond donors (Lipinski definition) is 3. The zero-order valence-electron chi connectivity index (χ0n) is 20.7. The van der Waals surface area contributed by atoms with Gasteiger partial charge in [-0.15, -0.1) is 11.3 Å². The first-order valence-electron chi connectivity index (χ1n) is 12.1. The Bertz CT molecular complexity index is 1200. The van der Waals surface area contributed by atoms with Gasteiger partial charge in [-0.3, -0.25) is 9.59 Å². The van der Waals surface area contributed by atoms with Gasteiger partial charge in [-0.2, -0.15) is 0 Å². The van der Waals surface area contributed by atoms with Gasteiger partial charge >= 0.3 is 0 Å². The quantitative estimate of drug-likeness (QED) is 0.408. The summed E-state index contributed by atoms with van der Waals surface area (Å²) in [5.74, 6) is 0.205. The van der Waals surface area contributed by atoms with Gasteiger partial charge in [0.05, 0.1) is 28.8 Å². The predicted molar refractivity (Wildman–Crippen MR) is 141 cm³/mol. The number of benzene rings is 2. The molecule has 1 saturated heterocycles. The molecule has 0 radical (unpaired) electrons. The van der Waals surface area contributed by atoms with Crippen molar-refractivity contribution in [3.63, 3.8) is 0 Å². The summed E-state index contributed by atoms with van der Waals surface area (Å²) in [5.41, 5.74) is 5.62. The van der Waals surface area contributed by atoms with E-state index in [0.29, 0.717) is 18.9 Å². The van der Waals surface area contributed by atoms with Gasteiger partial charge in [-0.1, -0.05) is 30.3 Å². The Kier molecular flexibility index (Phi) is 8.22. The number of ether oxygens (including phenoxy) is 1. The average Bonchev–Trinajstić information content (AvgIpc) is 3.48. The van der Waals surface area contributed by atoms with E-state index < -0.39 is 18.2 Å². The summed E-state index contributed by atoms with van der Waals surface area (Å²) in [6.45, 7) is 6.67. The molecule has 0 saturated carbocycles. The van der Waals surface area contributed by atoms with E-state index in [-0.39, 0.29) is 24.8 Å². The van der Waals surface area contributed by atoms with Gasteiger partial charge < -0.3 is 25.4 Å². The number of β-amino-alcohol motifs (C(OH)–C–C–N with tert-alkyl or cyclic N) is 1. The van der Waals surface area contributed by atoms with Crippen molar-refractivity contribution in [3.8, 4) is 16.2 Å². The van der Waals surface area contributed by atoms with Crippen LogP contribution in [0.15, 0.2) is 54.0 Å². The highest BCUT2D eigenvalue weighted by atomic mass is 32.1. The fraction of sp³-hybridized carbons (Fsp3) is 0.370. The number of likely N-dealkylation sites (tertiary alicyclic amines) is 1. The zero-order valence-corrected chi connectivity index (χ0v) is 21.5. The summed E-state index contributed by atoms with van der Waals surface area (Å²) in [7, 11) is 0. The molecule has 1 aliphatic heterocycles. The number of carbonyl (C=O) groups excluding carboxylic acids is 2. The lowest BCUT2D eigenvalue weighted by atomic mass is 10.1. The molecule has 2 heterocycles. The van der Waals surface area contributed by atoms with Gasteiger partial charge in [-0.25, -0.2) is 4.98 Å². The van der Waals surface area contributed by atoms with E-state index in [1.807, 2.05) is 67.9 Å². The van der Waals surface area contributed by atoms with E-state index in [1.54, 1.807) is 18.3 Å². The van der Waals surface area contributed by atoms with Crippen molar-refractivity contribution in [2.75, 3.05) is 18.5 Å². The highest BCUT2D eigenvalue weighted by Gasteiger charge is 2.40. The second-order valence-electron chi connectivity index (χ2n) is 8.90. The molecule has 1 aliphatic rings. The Balaban J connectivity index is 1.36. The number of anilines is 1. The minimum atomic E-state index is -0.736. The second-order valence-corrected chi connectivity index (χ2v) is 9.76. The van der Waals surface area contributed by atoms with E-state index in [1.165, 1.54) is 4.90 Å². The minimum Gasteiger partial charge on any atom is -0.494 e. The molecule has 190 valence electrons. The number of hydrogen-bond acceptors (Lipinski definition) is 7. The predicted octanol–water partition coefficient (Wildman–Crippen LogP) is 3.60. The Morgan fingerprint density at radius 2 is 2.03 bits per heavy atom. The molecule has 36 heavy (non-hydrogen) atoms. The van der Waals surface area contributed by atoms with Crippen molar-refractivity contribution < 1.29 is 19.4 Å². The van der Waals surface area contributed by atoms with Gasteiger partial charge in [-0.05, 0) is 44.0 Å². The Morgan fingerprint density at radius 3 is 2.72 bits per heavy atom. The molecule has 0 bridgehead atoms. The SMILES string of the molecule is CCOc1cccc(N[C@@H](C)C(=O)N2C[C@H](O)C[C@H]2C(=O)NCc2ccc(-c3scnc3C)cc2)c1. The smallest absolute Gasteiger partial charge is 0.245 e. The van der Waals surface area contributed by atoms with Crippen molar-refractivity contribution in [1.29, 1.82) is 0 Å². The number of aryl methyl sites for hydroxylation is 1. The van der Waals surface area contributed by atoms with Crippen LogP contribution in [0.4, 0.5) is 5.69 Å². The highest BCUT2D eigenvalue weighted by Crippen LogP contribution is 2.27. The number of nitrogens with zero attached hydrogens (tertiary/aromatic N) is 2. The van der Waals surface area contributed by atoms with Crippen LogP contribution < -0.4 is 15.4 Å². The molecular formula is C27H32N4O4S. The molecule has 9 heteroatoms. The van der Waals surface area contributed by atoms with Crippen LogP contribution in [0.1, 0.15) is 31.5 Å². The fourth-order valence-corrected chi connectivity index (χ4v) is 5.18. The van der Waals surface area contributed by atoms with Gasteiger partial charge in [0.2, 0.25) is 11.8 Å². The number of nitrogens with one attached hydrogen (secondary N) is 2. The van der Waals surface area contributed by atoms with Crippen molar-refractivity contribution >= 4 is 28.8 Å². The van der Waals surface area contributed by atoms with Gasteiger partial charge in [0.1, 0.15) is 17.8 Å². The molecule has 1 aromatic heterocycles. The third-order valence-corrected chi connectivity index (χ3v) is 7.17. The van der Waals surface area contributed by atoms with Crippen LogP contribution in [0.3, 0.4) is 0 Å². The Morgan fingerprint density at radius 1 is 1.25 bits per heavy atom. The molecule has 3 atom stereocenters. The lowest BCUT2D eigenvalue weighted by molar-refractivity contribution is -0.138. The molecule has 2 amide bonds. The number of amides is 2. The summed E-state index contributed by atoms with van der Waals surface area (Å²) in [4.78, 5) is 33.1.